The first kappa shape index (κ1) is 23.8. The highest BCUT2D eigenvalue weighted by Crippen LogP contribution is 2.19. The monoisotopic (exact) mass is 468 g/mol. The minimum atomic E-state index is -3.67. The van der Waals surface area contributed by atoms with E-state index in [9.17, 15) is 26.8 Å². The van der Waals surface area contributed by atoms with Crippen LogP contribution in [-0.2, 0) is 30.9 Å². The van der Waals surface area contributed by atoms with Crippen LogP contribution >= 0.6 is 0 Å². The quantitative estimate of drug-likeness (QED) is 0.594. The van der Waals surface area contributed by atoms with E-state index in [1.807, 2.05) is 0 Å². The molecule has 32 heavy (non-hydrogen) atoms. The summed E-state index contributed by atoms with van der Waals surface area (Å²) in [6.45, 7) is 0.956. The lowest BCUT2D eigenvalue weighted by Crippen LogP contribution is -2.40. The van der Waals surface area contributed by atoms with Gasteiger partial charge in [-0.25, -0.2) is 17.2 Å². The molecule has 0 bridgehead atoms. The van der Waals surface area contributed by atoms with E-state index in [1.54, 1.807) is 12.1 Å². The summed E-state index contributed by atoms with van der Waals surface area (Å²) >= 11 is 0. The number of sulfonamides is 1. The molecular weight excluding hydrogens is 446 g/mol. The molecule has 2 aromatic carbocycles. The number of morpholine rings is 1. The summed E-state index contributed by atoms with van der Waals surface area (Å²) in [5.41, 5.74) is 0.156. The predicted molar refractivity (Wildman–Crippen MR) is 109 cm³/mol. The smallest absolute Gasteiger partial charge is 0.307 e. The molecule has 0 radical (unpaired) electrons. The third kappa shape index (κ3) is 6.09. The van der Waals surface area contributed by atoms with Crippen molar-refractivity contribution in [3.63, 3.8) is 0 Å². The van der Waals surface area contributed by atoms with Gasteiger partial charge >= 0.3 is 5.97 Å². The number of hydrogen-bond acceptors (Lipinski definition) is 6. The number of benzene rings is 2. The number of halogens is 2. The molecule has 172 valence electrons. The van der Waals surface area contributed by atoms with Crippen molar-refractivity contribution in [2.45, 2.75) is 17.9 Å². The van der Waals surface area contributed by atoms with Crippen LogP contribution in [0.5, 0.6) is 0 Å². The van der Waals surface area contributed by atoms with E-state index in [2.05, 4.69) is 5.32 Å². The average molecular weight is 468 g/mol. The molecule has 1 N–H and O–H groups in total. The van der Waals surface area contributed by atoms with Gasteiger partial charge in [0.05, 0.1) is 30.1 Å². The summed E-state index contributed by atoms with van der Waals surface area (Å²) in [6, 6.07) is 8.67. The highest BCUT2D eigenvalue weighted by molar-refractivity contribution is 7.89. The molecule has 1 saturated heterocycles. The lowest BCUT2D eigenvalue weighted by molar-refractivity contribution is -0.144. The molecule has 1 aliphatic heterocycles. The number of esters is 1. The van der Waals surface area contributed by atoms with Gasteiger partial charge in [0.15, 0.2) is 0 Å². The second kappa shape index (κ2) is 10.6. The number of nitrogens with zero attached hydrogens (tertiary/aromatic N) is 1. The minimum absolute atomic E-state index is 0.0986. The Balaban J connectivity index is 1.48. The maximum absolute atomic E-state index is 13.6. The molecule has 0 atom stereocenters. The zero-order chi connectivity index (χ0) is 23.1. The van der Waals surface area contributed by atoms with Gasteiger partial charge in [0.25, 0.3) is 5.91 Å². The second-order valence-corrected chi connectivity index (χ2v) is 8.89. The number of carbonyl (C=O) groups is 2. The van der Waals surface area contributed by atoms with Crippen LogP contribution in [0.3, 0.4) is 0 Å². The largest absolute Gasteiger partial charge is 0.461 e. The molecule has 1 fully saturated rings. The molecule has 0 aromatic heterocycles. The zero-order valence-electron chi connectivity index (χ0n) is 17.1. The Morgan fingerprint density at radius 1 is 1.09 bits per heavy atom. The summed E-state index contributed by atoms with van der Waals surface area (Å²) in [6.07, 6.45) is -0.180. The van der Waals surface area contributed by atoms with Gasteiger partial charge in [0.1, 0.15) is 18.2 Å². The summed E-state index contributed by atoms with van der Waals surface area (Å²) in [4.78, 5) is 23.9. The van der Waals surface area contributed by atoms with Crippen LogP contribution in [0.4, 0.5) is 8.78 Å². The average Bonchev–Trinajstić information content (AvgIpc) is 2.78. The van der Waals surface area contributed by atoms with Crippen molar-refractivity contribution >= 4 is 21.9 Å². The van der Waals surface area contributed by atoms with Gasteiger partial charge in [-0.05, 0) is 29.8 Å². The van der Waals surface area contributed by atoms with Crippen LogP contribution in [0.15, 0.2) is 47.4 Å². The van der Waals surface area contributed by atoms with Gasteiger partial charge < -0.3 is 14.8 Å². The Bertz CT molecular complexity index is 1090. The first-order chi connectivity index (χ1) is 15.3. The summed E-state index contributed by atoms with van der Waals surface area (Å²) in [5.74, 6) is -3.22. The van der Waals surface area contributed by atoms with Gasteiger partial charge in [0.2, 0.25) is 10.0 Å². The van der Waals surface area contributed by atoms with Gasteiger partial charge in [-0.3, -0.25) is 9.59 Å². The maximum atomic E-state index is 13.6. The lowest BCUT2D eigenvalue weighted by Gasteiger charge is -2.26. The van der Waals surface area contributed by atoms with E-state index in [0.29, 0.717) is 24.8 Å². The van der Waals surface area contributed by atoms with E-state index in [-0.39, 0.29) is 43.1 Å². The fraction of sp³-hybridized carbons (Fsp3) is 0.333. The van der Waals surface area contributed by atoms with Crippen molar-refractivity contribution in [1.82, 2.24) is 9.62 Å². The third-order valence-corrected chi connectivity index (χ3v) is 6.59. The third-order valence-electron chi connectivity index (χ3n) is 4.70. The minimum Gasteiger partial charge on any atom is -0.461 e. The Morgan fingerprint density at radius 3 is 2.56 bits per heavy atom. The molecule has 0 aliphatic carbocycles. The van der Waals surface area contributed by atoms with Crippen LogP contribution in [0.1, 0.15) is 22.3 Å². The normalized spacial score (nSPS) is 14.7. The lowest BCUT2D eigenvalue weighted by atomic mass is 10.2. The van der Waals surface area contributed by atoms with E-state index >= 15 is 0 Å². The standard InChI is InChI=1S/C21H22F2N2O6S/c22-16-4-5-18(19(23)13-16)21(27)24-7-6-20(26)31-14-15-2-1-3-17(12-15)32(28,29)25-8-10-30-11-9-25/h1-5,12-13H,6-11,14H2,(H,24,27). The Morgan fingerprint density at radius 2 is 1.84 bits per heavy atom. The molecule has 3 rings (SSSR count). The fourth-order valence-electron chi connectivity index (χ4n) is 3.01. The van der Waals surface area contributed by atoms with Crippen LogP contribution < -0.4 is 5.32 Å². The highest BCUT2D eigenvalue weighted by atomic mass is 32.2. The van der Waals surface area contributed by atoms with Crippen molar-refractivity contribution < 1.29 is 36.3 Å². The van der Waals surface area contributed by atoms with Gasteiger partial charge in [-0.15, -0.1) is 0 Å². The number of rotatable bonds is 8. The summed E-state index contributed by atoms with van der Waals surface area (Å²) in [7, 11) is -3.67. The Hall–Kier alpha value is -2.89. The van der Waals surface area contributed by atoms with Gasteiger partial charge in [-0.1, -0.05) is 12.1 Å². The van der Waals surface area contributed by atoms with Crippen LogP contribution in [0.2, 0.25) is 0 Å². The molecule has 2 aromatic rings. The van der Waals surface area contributed by atoms with Gasteiger partial charge in [-0.2, -0.15) is 4.31 Å². The molecule has 11 heteroatoms. The van der Waals surface area contributed by atoms with Crippen molar-refractivity contribution in [2.75, 3.05) is 32.8 Å². The topological polar surface area (TPSA) is 102 Å². The number of amides is 1. The highest BCUT2D eigenvalue weighted by Gasteiger charge is 2.26. The van der Waals surface area contributed by atoms with Crippen molar-refractivity contribution in [3.05, 3.63) is 65.2 Å². The van der Waals surface area contributed by atoms with E-state index < -0.39 is 33.5 Å². The molecule has 1 heterocycles. The van der Waals surface area contributed by atoms with Crippen LogP contribution in [-0.4, -0.2) is 57.4 Å². The first-order valence-electron chi connectivity index (χ1n) is 9.83. The van der Waals surface area contributed by atoms with Crippen molar-refractivity contribution in [3.8, 4) is 0 Å². The number of nitrogens with one attached hydrogen (secondary N) is 1. The predicted octanol–water partition coefficient (Wildman–Crippen LogP) is 1.85. The zero-order valence-corrected chi connectivity index (χ0v) is 17.9. The number of hydrogen-bond donors (Lipinski definition) is 1. The molecule has 0 spiro atoms. The Kier molecular flexibility index (Phi) is 7.89. The molecule has 0 saturated carbocycles. The van der Waals surface area contributed by atoms with Crippen LogP contribution in [0.25, 0.3) is 0 Å². The first-order valence-corrected chi connectivity index (χ1v) is 11.3. The van der Waals surface area contributed by atoms with Crippen LogP contribution in [0, 0.1) is 11.6 Å². The molecule has 8 nitrogen and oxygen atoms in total. The fourth-order valence-corrected chi connectivity index (χ4v) is 4.49. The van der Waals surface area contributed by atoms with E-state index in [0.717, 1.165) is 12.1 Å². The second-order valence-electron chi connectivity index (χ2n) is 6.95. The SMILES string of the molecule is O=C(CCNC(=O)c1ccc(F)cc1F)OCc1cccc(S(=O)(=O)N2CCOCC2)c1. The maximum Gasteiger partial charge on any atom is 0.307 e. The molecule has 1 amide bonds. The number of carbonyl (C=O) groups excluding carboxylic acids is 2. The molecule has 1 aliphatic rings. The molecular formula is C21H22F2N2O6S. The van der Waals surface area contributed by atoms with Crippen molar-refractivity contribution in [1.29, 1.82) is 0 Å². The van der Waals surface area contributed by atoms with E-state index in [1.165, 1.54) is 16.4 Å². The summed E-state index contributed by atoms with van der Waals surface area (Å²) in [5, 5.41) is 2.36. The Labute approximate surface area is 184 Å². The van der Waals surface area contributed by atoms with Crippen molar-refractivity contribution in [2.24, 2.45) is 0 Å². The van der Waals surface area contributed by atoms with E-state index in [4.69, 9.17) is 9.47 Å². The summed E-state index contributed by atoms with van der Waals surface area (Å²) < 4.78 is 63.6. The van der Waals surface area contributed by atoms with Gasteiger partial charge in [0, 0.05) is 25.7 Å². The molecule has 0 unspecified atom stereocenters. The number of ether oxygens (including phenoxy) is 2.